The molecule has 0 saturated heterocycles. The highest BCUT2D eigenvalue weighted by atomic mass is 35.5. The number of nitrogens with one attached hydrogen (secondary N) is 1. The van der Waals surface area contributed by atoms with Gasteiger partial charge in [-0.25, -0.2) is 0 Å². The fourth-order valence-corrected chi connectivity index (χ4v) is 2.69. The van der Waals surface area contributed by atoms with Gasteiger partial charge >= 0.3 is 6.18 Å². The van der Waals surface area contributed by atoms with E-state index in [1.54, 1.807) is 11.6 Å². The Morgan fingerprint density at radius 3 is 2.40 bits per heavy atom. The predicted molar refractivity (Wildman–Crippen MR) is 89.4 cm³/mol. The topological polar surface area (TPSA) is 46.9 Å². The molecule has 2 aromatic rings. The maximum Gasteiger partial charge on any atom is 0.416 e. The van der Waals surface area contributed by atoms with E-state index >= 15 is 0 Å². The van der Waals surface area contributed by atoms with Crippen LogP contribution in [0.2, 0.25) is 5.15 Å². The molecule has 8 heteroatoms. The predicted octanol–water partition coefficient (Wildman–Crippen LogP) is 4.45. The van der Waals surface area contributed by atoms with Crippen LogP contribution >= 0.6 is 11.6 Å². The second-order valence-corrected chi connectivity index (χ2v) is 6.56. The zero-order chi connectivity index (χ0) is 18.8. The molecule has 0 saturated carbocycles. The summed E-state index contributed by atoms with van der Waals surface area (Å²) in [5, 5.41) is 7.19. The Bertz CT molecular complexity index is 752. The van der Waals surface area contributed by atoms with Gasteiger partial charge in [0, 0.05) is 13.1 Å². The minimum atomic E-state index is -4.38. The summed E-state index contributed by atoms with van der Waals surface area (Å²) in [5.74, 6) is -0.0859. The van der Waals surface area contributed by atoms with Crippen LogP contribution in [0.5, 0.6) is 0 Å². The van der Waals surface area contributed by atoms with Gasteiger partial charge in [0.1, 0.15) is 5.15 Å². The summed E-state index contributed by atoms with van der Waals surface area (Å²) in [6.07, 6.45) is -4.38. The molecule has 0 fully saturated rings. The molecule has 1 heterocycles. The number of alkyl halides is 3. The first-order valence-electron chi connectivity index (χ1n) is 7.76. The highest BCUT2D eigenvalue weighted by Crippen LogP contribution is 2.29. The van der Waals surface area contributed by atoms with E-state index in [-0.39, 0.29) is 17.3 Å². The summed E-state index contributed by atoms with van der Waals surface area (Å²) in [6.45, 7) is 6.40. The molecule has 0 bridgehead atoms. The van der Waals surface area contributed by atoms with Gasteiger partial charge in [-0.15, -0.1) is 0 Å². The molecule has 1 amide bonds. The lowest BCUT2D eigenvalue weighted by Gasteiger charge is -2.09. The van der Waals surface area contributed by atoms with Crippen molar-refractivity contribution in [1.82, 2.24) is 15.1 Å². The van der Waals surface area contributed by atoms with Crippen LogP contribution in [0.25, 0.3) is 0 Å². The first kappa shape index (κ1) is 19.3. The molecule has 4 nitrogen and oxygen atoms in total. The average molecular weight is 374 g/mol. The third-order valence-corrected chi connectivity index (χ3v) is 3.95. The van der Waals surface area contributed by atoms with E-state index in [2.05, 4.69) is 10.4 Å². The van der Waals surface area contributed by atoms with Crippen LogP contribution in [0.15, 0.2) is 24.3 Å². The number of hydrogen-bond acceptors (Lipinski definition) is 2. The van der Waals surface area contributed by atoms with Crippen LogP contribution in [0, 0.1) is 12.8 Å². The van der Waals surface area contributed by atoms with Gasteiger partial charge in [0.25, 0.3) is 5.91 Å². The average Bonchev–Trinajstić information content (AvgIpc) is 2.78. The number of amides is 1. The van der Waals surface area contributed by atoms with Crippen molar-refractivity contribution in [3.63, 3.8) is 0 Å². The van der Waals surface area contributed by atoms with Crippen molar-refractivity contribution in [1.29, 1.82) is 0 Å². The molecule has 0 unspecified atom stereocenters. The second-order valence-electron chi connectivity index (χ2n) is 6.20. The summed E-state index contributed by atoms with van der Waals surface area (Å²) in [6, 6.07) is 4.64. The quantitative estimate of drug-likeness (QED) is 0.841. The molecule has 0 aliphatic rings. The van der Waals surface area contributed by atoms with Crippen LogP contribution in [-0.4, -0.2) is 15.7 Å². The molecular weight excluding hydrogens is 355 g/mol. The lowest BCUT2D eigenvalue weighted by atomic mass is 10.1. The van der Waals surface area contributed by atoms with E-state index in [0.29, 0.717) is 23.7 Å². The van der Waals surface area contributed by atoms with Gasteiger partial charge in [-0.05, 0) is 30.5 Å². The number of aryl methyl sites for hydroxylation is 1. The fourth-order valence-electron chi connectivity index (χ4n) is 2.36. The Morgan fingerprint density at radius 2 is 1.88 bits per heavy atom. The highest BCUT2D eigenvalue weighted by Gasteiger charge is 2.30. The van der Waals surface area contributed by atoms with Crippen molar-refractivity contribution >= 4 is 17.5 Å². The number of nitrogens with zero attached hydrogens (tertiary/aromatic N) is 2. The summed E-state index contributed by atoms with van der Waals surface area (Å²) in [7, 11) is 0. The Balaban J connectivity index is 2.07. The molecule has 0 spiro atoms. The van der Waals surface area contributed by atoms with Crippen LogP contribution in [0.3, 0.4) is 0 Å². The van der Waals surface area contributed by atoms with Gasteiger partial charge in [-0.3, -0.25) is 9.48 Å². The first-order valence-corrected chi connectivity index (χ1v) is 8.14. The SMILES string of the molecule is Cc1nn(CC(C)C)c(Cl)c1C(=O)NCc1ccc(C(F)(F)F)cc1. The van der Waals surface area contributed by atoms with Gasteiger partial charge in [0.15, 0.2) is 0 Å². The van der Waals surface area contributed by atoms with Crippen molar-refractivity contribution in [2.24, 2.45) is 5.92 Å². The third kappa shape index (κ3) is 4.75. The van der Waals surface area contributed by atoms with E-state index in [0.717, 1.165) is 12.1 Å². The lowest BCUT2D eigenvalue weighted by molar-refractivity contribution is -0.137. The lowest BCUT2D eigenvalue weighted by Crippen LogP contribution is -2.23. The number of aromatic nitrogens is 2. The van der Waals surface area contributed by atoms with Crippen molar-refractivity contribution < 1.29 is 18.0 Å². The zero-order valence-electron chi connectivity index (χ0n) is 14.1. The number of hydrogen-bond donors (Lipinski definition) is 1. The van der Waals surface area contributed by atoms with Crippen molar-refractivity contribution in [3.8, 4) is 0 Å². The maximum absolute atomic E-state index is 12.5. The van der Waals surface area contributed by atoms with Gasteiger partial charge in [0.05, 0.1) is 16.8 Å². The van der Waals surface area contributed by atoms with Gasteiger partial charge < -0.3 is 5.32 Å². The molecule has 1 aromatic carbocycles. The summed E-state index contributed by atoms with van der Waals surface area (Å²) in [4.78, 5) is 12.4. The van der Waals surface area contributed by atoms with Crippen molar-refractivity contribution in [2.75, 3.05) is 0 Å². The molecular formula is C17H19ClF3N3O. The monoisotopic (exact) mass is 373 g/mol. The Kier molecular flexibility index (Phi) is 5.77. The van der Waals surface area contributed by atoms with E-state index in [1.165, 1.54) is 12.1 Å². The highest BCUT2D eigenvalue weighted by molar-refractivity contribution is 6.33. The molecule has 0 aliphatic carbocycles. The molecule has 1 N–H and O–H groups in total. The molecule has 0 radical (unpaired) electrons. The Labute approximate surface area is 149 Å². The summed E-state index contributed by atoms with van der Waals surface area (Å²) >= 11 is 6.24. The van der Waals surface area contributed by atoms with Crippen LogP contribution in [-0.2, 0) is 19.3 Å². The minimum absolute atomic E-state index is 0.0993. The summed E-state index contributed by atoms with van der Waals surface area (Å²) in [5.41, 5.74) is 0.630. The fraction of sp³-hybridized carbons (Fsp3) is 0.412. The minimum Gasteiger partial charge on any atom is -0.348 e. The van der Waals surface area contributed by atoms with Crippen molar-refractivity contribution in [3.05, 3.63) is 51.8 Å². The molecule has 136 valence electrons. The summed E-state index contributed by atoms with van der Waals surface area (Å²) < 4.78 is 39.2. The number of carbonyl (C=O) groups excluding carboxylic acids is 1. The number of rotatable bonds is 5. The molecule has 0 aliphatic heterocycles. The number of carbonyl (C=O) groups is 1. The Morgan fingerprint density at radius 1 is 1.28 bits per heavy atom. The maximum atomic E-state index is 12.5. The molecule has 25 heavy (non-hydrogen) atoms. The first-order chi connectivity index (χ1) is 11.6. The smallest absolute Gasteiger partial charge is 0.348 e. The zero-order valence-corrected chi connectivity index (χ0v) is 14.9. The molecule has 1 aromatic heterocycles. The van der Waals surface area contributed by atoms with Crippen LogP contribution in [0.4, 0.5) is 13.2 Å². The van der Waals surface area contributed by atoms with Gasteiger partial charge in [-0.1, -0.05) is 37.6 Å². The van der Waals surface area contributed by atoms with Crippen LogP contribution in [0.1, 0.15) is 41.0 Å². The number of halogens is 4. The van der Waals surface area contributed by atoms with E-state index < -0.39 is 17.6 Å². The molecule has 2 rings (SSSR count). The normalized spacial score (nSPS) is 11.8. The Hall–Kier alpha value is -2.02. The standard InChI is InChI=1S/C17H19ClF3N3O/c1-10(2)9-24-15(18)14(11(3)23-24)16(25)22-8-12-4-6-13(7-5-12)17(19,20)21/h4-7,10H,8-9H2,1-3H3,(H,22,25). The van der Waals surface area contributed by atoms with Gasteiger partial charge in [0.2, 0.25) is 0 Å². The van der Waals surface area contributed by atoms with E-state index in [9.17, 15) is 18.0 Å². The molecule has 0 atom stereocenters. The third-order valence-electron chi connectivity index (χ3n) is 3.56. The second kappa shape index (κ2) is 7.47. The van der Waals surface area contributed by atoms with Crippen LogP contribution < -0.4 is 5.32 Å². The van der Waals surface area contributed by atoms with Crippen molar-refractivity contribution in [2.45, 2.75) is 40.0 Å². The van der Waals surface area contributed by atoms with Gasteiger partial charge in [-0.2, -0.15) is 18.3 Å². The number of benzene rings is 1. The largest absolute Gasteiger partial charge is 0.416 e. The van der Waals surface area contributed by atoms with E-state index in [4.69, 9.17) is 11.6 Å². The van der Waals surface area contributed by atoms with E-state index in [1.807, 2.05) is 13.8 Å².